The summed E-state index contributed by atoms with van der Waals surface area (Å²) in [6.07, 6.45) is -0.607. The molecular weight excluding hydrogens is 305 g/mol. The number of ether oxygens (including phenoxy) is 1. The summed E-state index contributed by atoms with van der Waals surface area (Å²) in [6.45, 7) is 0.314. The highest BCUT2D eigenvalue weighted by Gasteiger charge is 2.36. The average Bonchev–Trinajstić information content (AvgIpc) is 2.77. The molecule has 0 aromatic heterocycles. The lowest BCUT2D eigenvalue weighted by molar-refractivity contribution is 0.102. The van der Waals surface area contributed by atoms with Gasteiger partial charge in [-0.3, -0.25) is 4.90 Å². The van der Waals surface area contributed by atoms with Crippen LogP contribution in [0, 0.1) is 5.82 Å². The molecule has 0 radical (unpaired) electrons. The SMILES string of the molecule is COC1CC(c2ccc(Br)c(F)c2)N(C(=O)O)C1. The third kappa shape index (κ3) is 2.49. The molecule has 0 bridgehead atoms. The van der Waals surface area contributed by atoms with Crippen molar-refractivity contribution in [2.75, 3.05) is 13.7 Å². The maximum Gasteiger partial charge on any atom is 0.407 e. The van der Waals surface area contributed by atoms with Gasteiger partial charge < -0.3 is 9.84 Å². The second-order valence-electron chi connectivity index (χ2n) is 4.22. The summed E-state index contributed by atoms with van der Waals surface area (Å²) in [5.41, 5.74) is 0.651. The molecule has 2 rings (SSSR count). The molecule has 0 spiro atoms. The fraction of sp³-hybridized carbons (Fsp3) is 0.417. The first-order chi connectivity index (χ1) is 8.52. The molecule has 98 valence electrons. The number of nitrogens with zero attached hydrogens (tertiary/aromatic N) is 1. The Bertz CT molecular complexity index is 469. The number of hydrogen-bond acceptors (Lipinski definition) is 2. The zero-order valence-corrected chi connectivity index (χ0v) is 11.4. The summed E-state index contributed by atoms with van der Waals surface area (Å²) >= 11 is 3.08. The standard InChI is InChI=1S/C12H13BrFNO3/c1-18-8-5-11(15(6-8)12(16)17)7-2-3-9(13)10(14)4-7/h2-4,8,11H,5-6H2,1H3,(H,16,17). The average molecular weight is 318 g/mol. The lowest BCUT2D eigenvalue weighted by Crippen LogP contribution is -2.30. The minimum Gasteiger partial charge on any atom is -0.465 e. The summed E-state index contributed by atoms with van der Waals surface area (Å²) in [5.74, 6) is -0.390. The zero-order chi connectivity index (χ0) is 13.3. The van der Waals surface area contributed by atoms with Crippen LogP contribution in [0.15, 0.2) is 22.7 Å². The number of rotatable bonds is 2. The van der Waals surface area contributed by atoms with Crippen LogP contribution in [0.4, 0.5) is 9.18 Å². The van der Waals surface area contributed by atoms with E-state index in [0.717, 1.165) is 0 Å². The lowest BCUT2D eigenvalue weighted by Gasteiger charge is -2.21. The molecule has 1 aliphatic heterocycles. The van der Waals surface area contributed by atoms with E-state index >= 15 is 0 Å². The quantitative estimate of drug-likeness (QED) is 0.912. The number of carbonyl (C=O) groups is 1. The van der Waals surface area contributed by atoms with Gasteiger partial charge in [-0.25, -0.2) is 9.18 Å². The molecule has 1 saturated heterocycles. The van der Waals surface area contributed by atoms with E-state index in [0.29, 0.717) is 23.0 Å². The number of halogens is 2. The van der Waals surface area contributed by atoms with Gasteiger partial charge in [0.25, 0.3) is 0 Å². The van der Waals surface area contributed by atoms with Crippen LogP contribution in [0.5, 0.6) is 0 Å². The Morgan fingerprint density at radius 3 is 2.89 bits per heavy atom. The predicted octanol–water partition coefficient (Wildman–Crippen LogP) is 3.03. The van der Waals surface area contributed by atoms with Gasteiger partial charge in [0.1, 0.15) is 5.82 Å². The fourth-order valence-corrected chi connectivity index (χ4v) is 2.46. The van der Waals surface area contributed by atoms with E-state index in [1.165, 1.54) is 11.0 Å². The maximum atomic E-state index is 13.5. The van der Waals surface area contributed by atoms with Crippen LogP contribution >= 0.6 is 15.9 Å². The van der Waals surface area contributed by atoms with E-state index in [-0.39, 0.29) is 12.1 Å². The summed E-state index contributed by atoms with van der Waals surface area (Å²) in [5, 5.41) is 9.15. The first-order valence-corrected chi connectivity index (χ1v) is 6.29. The Balaban J connectivity index is 2.29. The molecule has 6 heteroatoms. The molecule has 0 aliphatic carbocycles. The molecular formula is C12H13BrFNO3. The minimum atomic E-state index is -1.01. The number of amides is 1. The Kier molecular flexibility index (Phi) is 3.87. The first kappa shape index (κ1) is 13.3. The Morgan fingerprint density at radius 1 is 1.61 bits per heavy atom. The monoisotopic (exact) mass is 317 g/mol. The van der Waals surface area contributed by atoms with Crippen LogP contribution in [0.1, 0.15) is 18.0 Å². The van der Waals surface area contributed by atoms with Crippen LogP contribution in [0.2, 0.25) is 0 Å². The van der Waals surface area contributed by atoms with Gasteiger partial charge in [0.05, 0.1) is 23.2 Å². The summed E-state index contributed by atoms with van der Waals surface area (Å²) in [6, 6.07) is 4.33. The topological polar surface area (TPSA) is 49.8 Å². The summed E-state index contributed by atoms with van der Waals surface area (Å²) in [7, 11) is 1.55. The summed E-state index contributed by atoms with van der Waals surface area (Å²) < 4.78 is 19.1. The normalized spacial score (nSPS) is 23.4. The summed E-state index contributed by atoms with van der Waals surface area (Å²) in [4.78, 5) is 12.5. The van der Waals surface area contributed by atoms with Gasteiger partial charge >= 0.3 is 6.09 Å². The van der Waals surface area contributed by atoms with Crippen LogP contribution in [0.3, 0.4) is 0 Å². The predicted molar refractivity (Wildman–Crippen MR) is 67.0 cm³/mol. The van der Waals surface area contributed by atoms with Crippen molar-refractivity contribution in [1.29, 1.82) is 0 Å². The smallest absolute Gasteiger partial charge is 0.407 e. The van der Waals surface area contributed by atoms with E-state index in [2.05, 4.69) is 15.9 Å². The molecule has 1 fully saturated rings. The molecule has 1 aromatic carbocycles. The van der Waals surface area contributed by atoms with E-state index in [4.69, 9.17) is 9.84 Å². The molecule has 2 unspecified atom stereocenters. The van der Waals surface area contributed by atoms with Crippen LogP contribution in [-0.2, 0) is 4.74 Å². The first-order valence-electron chi connectivity index (χ1n) is 5.50. The molecule has 4 nitrogen and oxygen atoms in total. The zero-order valence-electron chi connectivity index (χ0n) is 9.77. The van der Waals surface area contributed by atoms with Crippen molar-refractivity contribution in [2.24, 2.45) is 0 Å². The van der Waals surface area contributed by atoms with Crippen molar-refractivity contribution in [2.45, 2.75) is 18.6 Å². The largest absolute Gasteiger partial charge is 0.465 e. The lowest BCUT2D eigenvalue weighted by atomic mass is 10.0. The van der Waals surface area contributed by atoms with Gasteiger partial charge in [-0.2, -0.15) is 0 Å². The van der Waals surface area contributed by atoms with E-state index in [1.54, 1.807) is 19.2 Å². The molecule has 1 heterocycles. The highest BCUT2D eigenvalue weighted by Crippen LogP contribution is 2.34. The fourth-order valence-electron chi connectivity index (χ4n) is 2.22. The number of likely N-dealkylation sites (tertiary alicyclic amines) is 1. The molecule has 1 aliphatic rings. The Labute approximate surface area is 112 Å². The molecule has 18 heavy (non-hydrogen) atoms. The van der Waals surface area contributed by atoms with Gasteiger partial charge in [-0.05, 0) is 33.6 Å². The second kappa shape index (κ2) is 5.24. The highest BCUT2D eigenvalue weighted by atomic mass is 79.9. The minimum absolute atomic E-state index is 0.141. The van der Waals surface area contributed by atoms with Crippen LogP contribution < -0.4 is 0 Å². The Morgan fingerprint density at radius 2 is 2.33 bits per heavy atom. The molecule has 1 aromatic rings. The maximum absolute atomic E-state index is 13.5. The molecule has 1 amide bonds. The molecule has 0 saturated carbocycles. The van der Waals surface area contributed by atoms with Crippen LogP contribution in [-0.4, -0.2) is 35.9 Å². The van der Waals surface area contributed by atoms with E-state index < -0.39 is 11.9 Å². The van der Waals surface area contributed by atoms with Gasteiger partial charge in [0.2, 0.25) is 0 Å². The van der Waals surface area contributed by atoms with Crippen molar-refractivity contribution < 1.29 is 19.0 Å². The third-order valence-electron chi connectivity index (χ3n) is 3.17. The van der Waals surface area contributed by atoms with Gasteiger partial charge in [-0.15, -0.1) is 0 Å². The number of carboxylic acid groups (broad SMARTS) is 1. The highest BCUT2D eigenvalue weighted by molar-refractivity contribution is 9.10. The third-order valence-corrected chi connectivity index (χ3v) is 3.81. The van der Waals surface area contributed by atoms with E-state index in [1.807, 2.05) is 0 Å². The van der Waals surface area contributed by atoms with Gasteiger partial charge in [0, 0.05) is 13.5 Å². The number of benzene rings is 1. The van der Waals surface area contributed by atoms with E-state index in [9.17, 15) is 9.18 Å². The Hall–Kier alpha value is -1.14. The number of hydrogen-bond donors (Lipinski definition) is 1. The van der Waals surface area contributed by atoms with Crippen molar-refractivity contribution >= 4 is 22.0 Å². The second-order valence-corrected chi connectivity index (χ2v) is 5.07. The van der Waals surface area contributed by atoms with Crippen LogP contribution in [0.25, 0.3) is 0 Å². The number of methoxy groups -OCH3 is 1. The molecule has 1 N–H and O–H groups in total. The van der Waals surface area contributed by atoms with Crippen molar-refractivity contribution in [3.05, 3.63) is 34.1 Å². The molecule has 2 atom stereocenters. The van der Waals surface area contributed by atoms with Crippen molar-refractivity contribution in [3.8, 4) is 0 Å². The van der Waals surface area contributed by atoms with Crippen molar-refractivity contribution in [3.63, 3.8) is 0 Å². The van der Waals surface area contributed by atoms with Gasteiger partial charge in [-0.1, -0.05) is 6.07 Å². The van der Waals surface area contributed by atoms with Gasteiger partial charge in [0.15, 0.2) is 0 Å². The van der Waals surface area contributed by atoms with Crippen molar-refractivity contribution in [1.82, 2.24) is 4.90 Å².